The molecule has 1 N–H and O–H groups in total. The molecule has 1 heterocycles. The lowest BCUT2D eigenvalue weighted by Crippen LogP contribution is -2.47. The van der Waals surface area contributed by atoms with Gasteiger partial charge in [0.05, 0.1) is 13.2 Å². The van der Waals surface area contributed by atoms with E-state index in [9.17, 15) is 4.79 Å². The van der Waals surface area contributed by atoms with E-state index in [0.29, 0.717) is 19.1 Å². The zero-order valence-corrected chi connectivity index (χ0v) is 8.92. The molecule has 0 aliphatic carbocycles. The third-order valence-electron chi connectivity index (χ3n) is 2.32. The molecule has 0 aromatic heterocycles. The molecule has 1 fully saturated rings. The van der Waals surface area contributed by atoms with Crippen molar-refractivity contribution in [1.29, 1.82) is 0 Å². The third kappa shape index (κ3) is 2.83. The largest absolute Gasteiger partial charge is 0.477 e. The maximum atomic E-state index is 10.7. The molecule has 4 nitrogen and oxygen atoms in total. The van der Waals surface area contributed by atoms with Crippen molar-refractivity contribution in [2.75, 3.05) is 19.1 Å². The molecule has 1 aliphatic rings. The molecular weight excluding hydrogens is 208 g/mol. The Labute approximate surface area is 88.1 Å². The van der Waals surface area contributed by atoms with Gasteiger partial charge < -0.3 is 14.6 Å². The van der Waals surface area contributed by atoms with Crippen molar-refractivity contribution >= 4 is 17.6 Å². The number of ether oxygens (including phenoxy) is 2. The summed E-state index contributed by atoms with van der Waals surface area (Å²) >= 11 is 5.55. The molecule has 1 aliphatic heterocycles. The Balaban J connectivity index is 2.34. The fraction of sp³-hybridized carbons (Fsp3) is 0.889. The van der Waals surface area contributed by atoms with Gasteiger partial charge in [0.25, 0.3) is 5.79 Å². The highest BCUT2D eigenvalue weighted by Crippen LogP contribution is 2.24. The van der Waals surface area contributed by atoms with Crippen molar-refractivity contribution in [3.05, 3.63) is 0 Å². The minimum absolute atomic E-state index is 0.265. The third-order valence-corrected chi connectivity index (χ3v) is 2.59. The van der Waals surface area contributed by atoms with E-state index in [1.165, 1.54) is 6.92 Å². The first-order chi connectivity index (χ1) is 6.58. The average molecular weight is 223 g/mol. The fourth-order valence-corrected chi connectivity index (χ4v) is 1.45. The highest BCUT2D eigenvalue weighted by Gasteiger charge is 2.40. The molecular formula is C9H15ClO4. The average Bonchev–Trinajstić information content (AvgIpc) is 2.17. The van der Waals surface area contributed by atoms with Gasteiger partial charge >= 0.3 is 5.97 Å². The number of hydrogen-bond acceptors (Lipinski definition) is 3. The summed E-state index contributed by atoms with van der Waals surface area (Å²) < 4.78 is 10.3. The summed E-state index contributed by atoms with van der Waals surface area (Å²) in [6.45, 7) is 2.28. The van der Waals surface area contributed by atoms with E-state index in [4.69, 9.17) is 26.2 Å². The molecule has 0 saturated carbocycles. The van der Waals surface area contributed by atoms with Crippen molar-refractivity contribution in [2.24, 2.45) is 5.92 Å². The summed E-state index contributed by atoms with van der Waals surface area (Å²) in [5, 5.41) is 8.79. The molecule has 0 spiro atoms. The van der Waals surface area contributed by atoms with Crippen LogP contribution in [0, 0.1) is 5.92 Å². The molecule has 1 rings (SSSR count). The lowest BCUT2D eigenvalue weighted by Gasteiger charge is -2.34. The first-order valence-corrected chi connectivity index (χ1v) is 5.19. The number of carbonyl (C=O) groups is 1. The van der Waals surface area contributed by atoms with E-state index in [1.54, 1.807) is 0 Å². The second-order valence-electron chi connectivity index (χ2n) is 3.57. The van der Waals surface area contributed by atoms with Crippen LogP contribution < -0.4 is 0 Å². The van der Waals surface area contributed by atoms with E-state index in [-0.39, 0.29) is 5.92 Å². The van der Waals surface area contributed by atoms with Crippen molar-refractivity contribution in [3.63, 3.8) is 0 Å². The van der Waals surface area contributed by atoms with E-state index in [0.717, 1.165) is 12.8 Å². The lowest BCUT2D eigenvalue weighted by atomic mass is 10.0. The van der Waals surface area contributed by atoms with E-state index < -0.39 is 11.8 Å². The zero-order valence-electron chi connectivity index (χ0n) is 8.16. The second-order valence-corrected chi connectivity index (χ2v) is 3.95. The molecule has 0 aromatic carbocycles. The molecule has 0 atom stereocenters. The van der Waals surface area contributed by atoms with Crippen LogP contribution in [-0.4, -0.2) is 36.0 Å². The Bertz CT molecular complexity index is 199. The molecule has 0 unspecified atom stereocenters. The number of rotatable bonds is 4. The first-order valence-electron chi connectivity index (χ1n) is 4.66. The van der Waals surface area contributed by atoms with Gasteiger partial charge in [0.2, 0.25) is 0 Å². The predicted molar refractivity (Wildman–Crippen MR) is 51.4 cm³/mol. The van der Waals surface area contributed by atoms with Crippen molar-refractivity contribution in [1.82, 2.24) is 0 Å². The van der Waals surface area contributed by atoms with Crippen molar-refractivity contribution in [3.8, 4) is 0 Å². The molecule has 0 bridgehead atoms. The van der Waals surface area contributed by atoms with Crippen LogP contribution in [0.15, 0.2) is 0 Å². The summed E-state index contributed by atoms with van der Waals surface area (Å²) in [4.78, 5) is 10.7. The summed E-state index contributed by atoms with van der Waals surface area (Å²) in [7, 11) is 0. The predicted octanol–water partition coefficient (Wildman–Crippen LogP) is 1.47. The molecule has 1 saturated heterocycles. The summed E-state index contributed by atoms with van der Waals surface area (Å²) in [5.74, 6) is -1.65. The Morgan fingerprint density at radius 1 is 1.57 bits per heavy atom. The first kappa shape index (κ1) is 11.8. The number of alkyl halides is 1. The van der Waals surface area contributed by atoms with Gasteiger partial charge in [-0.15, -0.1) is 11.6 Å². The molecule has 82 valence electrons. The van der Waals surface area contributed by atoms with Crippen LogP contribution in [0.25, 0.3) is 0 Å². The van der Waals surface area contributed by atoms with Crippen LogP contribution in [-0.2, 0) is 14.3 Å². The topological polar surface area (TPSA) is 55.8 Å². The molecule has 0 aromatic rings. The second kappa shape index (κ2) is 4.96. The molecule has 0 radical (unpaired) electrons. The SMILES string of the molecule is CC1(C(=O)O)OCC(CCCCl)CO1. The van der Waals surface area contributed by atoms with Crippen molar-refractivity contribution in [2.45, 2.75) is 25.6 Å². The van der Waals surface area contributed by atoms with Crippen LogP contribution in [0.2, 0.25) is 0 Å². The Hall–Kier alpha value is -0.320. The highest BCUT2D eigenvalue weighted by atomic mass is 35.5. The number of halogens is 1. The van der Waals surface area contributed by atoms with Gasteiger partial charge in [0.15, 0.2) is 0 Å². The fourth-order valence-electron chi connectivity index (χ4n) is 1.30. The van der Waals surface area contributed by atoms with Gasteiger partial charge in [-0.25, -0.2) is 4.79 Å². The normalized spacial score (nSPS) is 32.9. The molecule has 14 heavy (non-hydrogen) atoms. The van der Waals surface area contributed by atoms with Crippen LogP contribution >= 0.6 is 11.6 Å². The van der Waals surface area contributed by atoms with Crippen LogP contribution in [0.4, 0.5) is 0 Å². The number of aliphatic carboxylic acids is 1. The minimum atomic E-state index is -1.46. The van der Waals surface area contributed by atoms with Crippen LogP contribution in [0.1, 0.15) is 19.8 Å². The van der Waals surface area contributed by atoms with Crippen LogP contribution in [0.3, 0.4) is 0 Å². The smallest absolute Gasteiger partial charge is 0.364 e. The molecule has 0 amide bonds. The van der Waals surface area contributed by atoms with E-state index in [1.807, 2.05) is 0 Å². The quantitative estimate of drug-likeness (QED) is 0.732. The van der Waals surface area contributed by atoms with Gasteiger partial charge in [-0.3, -0.25) is 0 Å². The summed E-state index contributed by atoms with van der Waals surface area (Å²) in [5.41, 5.74) is 0. The number of carboxylic acids is 1. The number of carboxylic acid groups (broad SMARTS) is 1. The van der Waals surface area contributed by atoms with E-state index >= 15 is 0 Å². The Morgan fingerprint density at radius 2 is 2.14 bits per heavy atom. The van der Waals surface area contributed by atoms with Gasteiger partial charge in [0, 0.05) is 18.7 Å². The van der Waals surface area contributed by atoms with E-state index in [2.05, 4.69) is 0 Å². The highest BCUT2D eigenvalue weighted by molar-refractivity contribution is 6.17. The monoisotopic (exact) mass is 222 g/mol. The standard InChI is InChI=1S/C9H15ClO4/c1-9(8(11)12)13-5-7(6-14-9)3-2-4-10/h7H,2-6H2,1H3,(H,11,12). The summed E-state index contributed by atoms with van der Waals surface area (Å²) in [6.07, 6.45) is 1.82. The Morgan fingerprint density at radius 3 is 2.57 bits per heavy atom. The summed E-state index contributed by atoms with van der Waals surface area (Å²) in [6, 6.07) is 0. The zero-order chi connectivity index (χ0) is 10.6. The lowest BCUT2D eigenvalue weighted by molar-refractivity contribution is -0.271. The maximum absolute atomic E-state index is 10.7. The van der Waals surface area contributed by atoms with Crippen LogP contribution in [0.5, 0.6) is 0 Å². The molecule has 5 heteroatoms. The maximum Gasteiger partial charge on any atom is 0.364 e. The Kier molecular flexibility index (Phi) is 4.16. The van der Waals surface area contributed by atoms with Crippen molar-refractivity contribution < 1.29 is 19.4 Å². The van der Waals surface area contributed by atoms with Gasteiger partial charge in [0.1, 0.15) is 0 Å². The van der Waals surface area contributed by atoms with Gasteiger partial charge in [-0.2, -0.15) is 0 Å². The minimum Gasteiger partial charge on any atom is -0.477 e. The van der Waals surface area contributed by atoms with Gasteiger partial charge in [-0.1, -0.05) is 0 Å². The number of hydrogen-bond donors (Lipinski definition) is 1. The van der Waals surface area contributed by atoms with Gasteiger partial charge in [-0.05, 0) is 12.8 Å².